The lowest BCUT2D eigenvalue weighted by Crippen LogP contribution is -2.16. The zero-order valence-electron chi connectivity index (χ0n) is 11.9. The Kier molecular flexibility index (Phi) is 4.59. The molecule has 2 aromatic carbocycles. The molecule has 0 saturated carbocycles. The molecule has 0 aliphatic heterocycles. The van der Waals surface area contributed by atoms with E-state index in [0.29, 0.717) is 17.7 Å². The highest BCUT2D eigenvalue weighted by Crippen LogP contribution is 2.41. The van der Waals surface area contributed by atoms with Gasteiger partial charge in [-0.15, -0.1) is 0 Å². The van der Waals surface area contributed by atoms with Gasteiger partial charge in [-0.2, -0.15) is 26.3 Å². The topological polar surface area (TPSA) is 37.3 Å². The Bertz CT molecular complexity index is 745. The van der Waals surface area contributed by atoms with Crippen molar-refractivity contribution in [1.82, 2.24) is 0 Å². The van der Waals surface area contributed by atoms with Crippen LogP contribution in [0.5, 0.6) is 0 Å². The predicted octanol–water partition coefficient (Wildman–Crippen LogP) is 5.02. The zero-order chi connectivity index (χ0) is 18.1. The molecule has 0 radical (unpaired) electrons. The summed E-state index contributed by atoms with van der Waals surface area (Å²) in [6.45, 7) is 0. The largest absolute Gasteiger partial charge is 0.481 e. The highest BCUT2D eigenvalue weighted by Gasteiger charge is 2.43. The minimum absolute atomic E-state index is 0.0443. The third-order valence-electron chi connectivity index (χ3n) is 3.27. The second-order valence-electron chi connectivity index (χ2n) is 5.02. The highest BCUT2D eigenvalue weighted by atomic mass is 19.4. The molecule has 0 bridgehead atoms. The van der Waals surface area contributed by atoms with Gasteiger partial charge in [0, 0.05) is 0 Å². The number of aliphatic carboxylic acids is 1. The summed E-state index contributed by atoms with van der Waals surface area (Å²) in [6, 6.07) is 7.30. The minimum Gasteiger partial charge on any atom is -0.481 e. The molecule has 128 valence electrons. The van der Waals surface area contributed by atoms with Crippen LogP contribution in [0.15, 0.2) is 42.5 Å². The summed E-state index contributed by atoms with van der Waals surface area (Å²) in [4.78, 5) is 10.6. The average Bonchev–Trinajstić information content (AvgIpc) is 2.45. The summed E-state index contributed by atoms with van der Waals surface area (Å²) >= 11 is 0. The Balaban J connectivity index is 2.47. The van der Waals surface area contributed by atoms with Crippen molar-refractivity contribution < 1.29 is 36.2 Å². The van der Waals surface area contributed by atoms with Gasteiger partial charge in [0.25, 0.3) is 0 Å². The van der Waals surface area contributed by atoms with E-state index in [-0.39, 0.29) is 17.5 Å². The first-order valence-corrected chi connectivity index (χ1v) is 6.58. The van der Waals surface area contributed by atoms with Gasteiger partial charge in [-0.05, 0) is 28.8 Å². The summed E-state index contributed by atoms with van der Waals surface area (Å²) in [5.74, 6) is -1.07. The molecule has 2 aromatic rings. The molecule has 0 fully saturated rings. The third-order valence-corrected chi connectivity index (χ3v) is 3.27. The van der Waals surface area contributed by atoms with Crippen molar-refractivity contribution >= 4 is 5.97 Å². The van der Waals surface area contributed by atoms with Crippen molar-refractivity contribution in [3.05, 3.63) is 59.2 Å². The van der Waals surface area contributed by atoms with Crippen LogP contribution in [0.1, 0.15) is 16.7 Å². The van der Waals surface area contributed by atoms with Gasteiger partial charge >= 0.3 is 18.3 Å². The van der Waals surface area contributed by atoms with Gasteiger partial charge in [0.05, 0.1) is 17.5 Å². The lowest BCUT2D eigenvalue weighted by atomic mass is 9.97. The average molecular weight is 348 g/mol. The molecule has 0 spiro atoms. The van der Waals surface area contributed by atoms with Crippen LogP contribution in [0.3, 0.4) is 0 Å². The molecule has 1 N–H and O–H groups in total. The summed E-state index contributed by atoms with van der Waals surface area (Å²) in [6.07, 6.45) is -10.5. The maximum atomic E-state index is 12.9. The quantitative estimate of drug-likeness (QED) is 0.791. The lowest BCUT2D eigenvalue weighted by molar-refractivity contribution is -0.162. The van der Waals surface area contributed by atoms with Crippen molar-refractivity contribution in [3.8, 4) is 11.1 Å². The van der Waals surface area contributed by atoms with E-state index < -0.39 is 29.4 Å². The van der Waals surface area contributed by atoms with Gasteiger partial charge in [0.15, 0.2) is 0 Å². The Hall–Kier alpha value is -2.51. The van der Waals surface area contributed by atoms with Gasteiger partial charge in [-0.1, -0.05) is 30.3 Å². The molecule has 0 heterocycles. The number of hydrogen-bond acceptors (Lipinski definition) is 1. The first-order chi connectivity index (χ1) is 11.0. The predicted molar refractivity (Wildman–Crippen MR) is 73.2 cm³/mol. The normalized spacial score (nSPS) is 12.2. The number of halogens is 6. The fourth-order valence-corrected chi connectivity index (χ4v) is 2.20. The van der Waals surface area contributed by atoms with Crippen molar-refractivity contribution in [2.75, 3.05) is 0 Å². The van der Waals surface area contributed by atoms with E-state index in [1.807, 2.05) is 0 Å². The maximum Gasteiger partial charge on any atom is 0.417 e. The van der Waals surface area contributed by atoms with Gasteiger partial charge in [0.2, 0.25) is 0 Å². The van der Waals surface area contributed by atoms with Crippen LogP contribution in [0, 0.1) is 0 Å². The Morgan fingerprint density at radius 3 is 1.75 bits per heavy atom. The van der Waals surface area contributed by atoms with Crippen LogP contribution in [0.25, 0.3) is 11.1 Å². The van der Waals surface area contributed by atoms with E-state index in [1.165, 1.54) is 24.3 Å². The van der Waals surface area contributed by atoms with Gasteiger partial charge in [0.1, 0.15) is 0 Å². The molecule has 0 amide bonds. The SMILES string of the molecule is O=C(O)Cc1ccc(-c2ccc(C(F)(F)F)c(C(F)(F)F)c2)cc1. The zero-order valence-corrected chi connectivity index (χ0v) is 11.9. The van der Waals surface area contributed by atoms with Crippen molar-refractivity contribution in [3.63, 3.8) is 0 Å². The fourth-order valence-electron chi connectivity index (χ4n) is 2.20. The van der Waals surface area contributed by atoms with Crippen LogP contribution >= 0.6 is 0 Å². The molecule has 0 saturated heterocycles. The first-order valence-electron chi connectivity index (χ1n) is 6.58. The number of hydrogen-bond donors (Lipinski definition) is 1. The van der Waals surface area contributed by atoms with Crippen LogP contribution < -0.4 is 0 Å². The maximum absolute atomic E-state index is 12.9. The van der Waals surface area contributed by atoms with E-state index in [4.69, 9.17) is 5.11 Å². The van der Waals surface area contributed by atoms with Gasteiger partial charge < -0.3 is 5.11 Å². The number of carbonyl (C=O) groups is 1. The number of alkyl halides is 6. The minimum atomic E-state index is -5.15. The molecule has 0 aromatic heterocycles. The number of carboxylic acid groups (broad SMARTS) is 1. The Morgan fingerprint density at radius 1 is 0.792 bits per heavy atom. The number of benzene rings is 2. The van der Waals surface area contributed by atoms with Crippen LogP contribution in [-0.2, 0) is 23.6 Å². The Morgan fingerprint density at radius 2 is 1.29 bits per heavy atom. The Labute approximate surface area is 132 Å². The van der Waals surface area contributed by atoms with Gasteiger partial charge in [-0.3, -0.25) is 4.79 Å². The molecule has 0 atom stereocenters. The van der Waals surface area contributed by atoms with Crippen LogP contribution in [-0.4, -0.2) is 11.1 Å². The van der Waals surface area contributed by atoms with E-state index in [1.54, 1.807) is 0 Å². The number of rotatable bonds is 3. The highest BCUT2D eigenvalue weighted by molar-refractivity contribution is 5.71. The van der Waals surface area contributed by atoms with Gasteiger partial charge in [-0.25, -0.2) is 0 Å². The summed E-state index contributed by atoms with van der Waals surface area (Å²) in [5.41, 5.74) is -2.88. The third kappa shape index (κ3) is 4.06. The molecular weight excluding hydrogens is 338 g/mol. The smallest absolute Gasteiger partial charge is 0.417 e. The van der Waals surface area contributed by atoms with E-state index >= 15 is 0 Å². The lowest BCUT2D eigenvalue weighted by Gasteiger charge is -2.16. The standard InChI is InChI=1S/C16H10F6O2/c17-15(18,19)12-6-5-11(8-13(12)16(20,21)22)10-3-1-9(2-4-10)7-14(23)24/h1-6,8H,7H2,(H,23,24). The second-order valence-corrected chi connectivity index (χ2v) is 5.02. The fraction of sp³-hybridized carbons (Fsp3) is 0.188. The molecule has 2 nitrogen and oxygen atoms in total. The molecule has 8 heteroatoms. The van der Waals surface area contributed by atoms with E-state index in [9.17, 15) is 31.1 Å². The van der Waals surface area contributed by atoms with Crippen molar-refractivity contribution in [2.24, 2.45) is 0 Å². The molecule has 0 unspecified atom stereocenters. The first kappa shape index (κ1) is 17.8. The molecule has 2 rings (SSSR count). The molecule has 0 aliphatic rings. The molecule has 24 heavy (non-hydrogen) atoms. The molecular formula is C16H10F6O2. The van der Waals surface area contributed by atoms with Crippen molar-refractivity contribution in [2.45, 2.75) is 18.8 Å². The van der Waals surface area contributed by atoms with Crippen LogP contribution in [0.4, 0.5) is 26.3 Å². The molecule has 0 aliphatic carbocycles. The summed E-state index contributed by atoms with van der Waals surface area (Å²) in [7, 11) is 0. The second kappa shape index (κ2) is 6.18. The van der Waals surface area contributed by atoms with Crippen LogP contribution in [0.2, 0.25) is 0 Å². The monoisotopic (exact) mass is 348 g/mol. The summed E-state index contributed by atoms with van der Waals surface area (Å²) in [5, 5.41) is 8.65. The number of carboxylic acids is 1. The summed E-state index contributed by atoms with van der Waals surface area (Å²) < 4.78 is 76.9. The van der Waals surface area contributed by atoms with E-state index in [0.717, 1.165) is 6.07 Å². The van der Waals surface area contributed by atoms with E-state index in [2.05, 4.69) is 0 Å². The van der Waals surface area contributed by atoms with Crippen molar-refractivity contribution in [1.29, 1.82) is 0 Å².